The topological polar surface area (TPSA) is 104 Å². The molecule has 0 aromatic heterocycles. The van der Waals surface area contributed by atoms with E-state index < -0.39 is 46.0 Å². The number of alkyl halides is 5. The number of carbonyl (C=O) groups is 1. The van der Waals surface area contributed by atoms with Crippen LogP contribution in [0.4, 0.5) is 13.2 Å². The van der Waals surface area contributed by atoms with Crippen molar-refractivity contribution in [3.8, 4) is 0 Å². The Morgan fingerprint density at radius 2 is 1.84 bits per heavy atom. The van der Waals surface area contributed by atoms with Gasteiger partial charge in [-0.1, -0.05) is 0 Å². The van der Waals surface area contributed by atoms with Gasteiger partial charge in [-0.15, -0.1) is 0 Å². The van der Waals surface area contributed by atoms with Crippen molar-refractivity contribution >= 4 is 21.3 Å². The van der Waals surface area contributed by atoms with Crippen LogP contribution in [-0.2, 0) is 14.5 Å². The summed E-state index contributed by atoms with van der Waals surface area (Å²) in [6, 6.07) is 4.83. The molecule has 176 valence electrons. The average molecular weight is 573 g/mol. The maximum absolute atomic E-state index is 13.7. The monoisotopic (exact) mass is 573 g/mol. The summed E-state index contributed by atoms with van der Waals surface area (Å²) in [7, 11) is -3.37. The summed E-state index contributed by atoms with van der Waals surface area (Å²) in [6.07, 6.45) is 0.653. The van der Waals surface area contributed by atoms with Gasteiger partial charge in [0, 0.05) is 5.75 Å². The first-order chi connectivity index (χ1) is 14.4. The molecular weight excluding hydrogens is 544 g/mol. The minimum absolute atomic E-state index is 0.0487. The molecule has 0 amide bonds. The Kier molecular flexibility index (Phi) is 11.2. The zero-order valence-electron chi connectivity index (χ0n) is 17.5. The van der Waals surface area contributed by atoms with Gasteiger partial charge in [-0.3, -0.25) is 9.57 Å². The predicted molar refractivity (Wildman–Crippen MR) is 114 cm³/mol. The number of allylic oxidation sites excluding steroid dienone is 4. The summed E-state index contributed by atoms with van der Waals surface area (Å²) in [5.41, 5.74) is 7.12. The summed E-state index contributed by atoms with van der Waals surface area (Å²) in [5, 5.41) is 8.76. The van der Waals surface area contributed by atoms with Crippen molar-refractivity contribution in [1.82, 2.24) is 0 Å². The number of benzene rings is 1. The van der Waals surface area contributed by atoms with Crippen molar-refractivity contribution in [3.05, 3.63) is 53.6 Å². The normalized spacial score (nSPS) is 16.9. The van der Waals surface area contributed by atoms with E-state index in [1.807, 2.05) is 19.1 Å². The van der Waals surface area contributed by atoms with Gasteiger partial charge in [0.25, 0.3) is 0 Å². The Morgan fingerprint density at radius 3 is 2.32 bits per heavy atom. The Balaban J connectivity index is 2.95. The van der Waals surface area contributed by atoms with Crippen LogP contribution in [0, 0.1) is 4.78 Å². The van der Waals surface area contributed by atoms with Crippen molar-refractivity contribution in [2.75, 3.05) is 20.9 Å². The Labute approximate surface area is 192 Å². The first-order valence-electron chi connectivity index (χ1n) is 9.57. The molecule has 3 atom stereocenters. The molecule has 10 heteroatoms. The van der Waals surface area contributed by atoms with E-state index in [0.29, 0.717) is 0 Å². The molecule has 0 fully saturated rings. The number of aliphatic carboxylic acids is 1. The van der Waals surface area contributed by atoms with Crippen LogP contribution < -0.4 is 26.9 Å². The second-order valence-electron chi connectivity index (χ2n) is 7.03. The van der Waals surface area contributed by atoms with E-state index in [0.717, 1.165) is 15.6 Å². The van der Waals surface area contributed by atoms with Gasteiger partial charge in [-0.25, -0.2) is 4.21 Å². The van der Waals surface area contributed by atoms with Crippen LogP contribution in [0.15, 0.2) is 42.5 Å². The molecule has 0 aliphatic rings. The SMILES string of the molecule is C/C=C(/C=C/C[I-]C)c1ccc(C(CCS(=N)(=O)CC[C@H](N)C(=O)O)C(F)(F)F)cc1. The first-order valence-corrected chi connectivity index (χ1v) is 15.2. The molecule has 0 saturated heterocycles. The van der Waals surface area contributed by atoms with E-state index >= 15 is 0 Å². The Hall–Kier alpha value is -1.40. The van der Waals surface area contributed by atoms with Gasteiger partial charge >= 0.3 is 150 Å². The predicted octanol–water partition coefficient (Wildman–Crippen LogP) is 1.25. The number of hydrogen-bond acceptors (Lipinski definition) is 4. The van der Waals surface area contributed by atoms with Gasteiger partial charge in [0.1, 0.15) is 6.04 Å². The molecule has 1 aromatic rings. The van der Waals surface area contributed by atoms with Crippen LogP contribution in [0.25, 0.3) is 5.57 Å². The van der Waals surface area contributed by atoms with E-state index in [1.165, 1.54) is 12.1 Å². The number of nitrogens with two attached hydrogens (primary N) is 1. The molecule has 0 spiro atoms. The van der Waals surface area contributed by atoms with Crippen LogP contribution >= 0.6 is 0 Å². The van der Waals surface area contributed by atoms with Crippen molar-refractivity contribution < 1.29 is 48.5 Å². The molecule has 1 rings (SSSR count). The molecule has 0 saturated carbocycles. The molecule has 1 aromatic carbocycles. The summed E-state index contributed by atoms with van der Waals surface area (Å²) in [6.45, 7) is 1.87. The number of carboxylic acid groups (broad SMARTS) is 1. The molecule has 31 heavy (non-hydrogen) atoms. The zero-order valence-corrected chi connectivity index (χ0v) is 20.5. The van der Waals surface area contributed by atoms with Crippen LogP contribution in [0.1, 0.15) is 36.8 Å². The van der Waals surface area contributed by atoms with Crippen molar-refractivity contribution in [1.29, 1.82) is 4.78 Å². The fourth-order valence-electron chi connectivity index (χ4n) is 2.90. The summed E-state index contributed by atoms with van der Waals surface area (Å²) in [5.74, 6) is -3.97. The van der Waals surface area contributed by atoms with Gasteiger partial charge in [0.2, 0.25) is 0 Å². The molecular formula is C21H29F3IN2O3S-. The van der Waals surface area contributed by atoms with Crippen molar-refractivity contribution in [2.45, 2.75) is 37.9 Å². The molecule has 4 N–H and O–H groups in total. The molecule has 2 unspecified atom stereocenters. The van der Waals surface area contributed by atoms with Crippen LogP contribution in [0.2, 0.25) is 0 Å². The van der Waals surface area contributed by atoms with Crippen LogP contribution in [0.5, 0.6) is 0 Å². The standard InChI is InChI=1S/C21H29F3IN2O3S/c1-3-15(5-4-12-25-2)16-6-8-17(9-7-16)18(21(22,23)24)10-13-31(27,30)14-11-19(26)20(28)29/h3-9,18-19,27H,10-14,26H2,1-2H3,(H,28,29)/q-1/b5-4+,15-3-/t18?,19-,31?/m0/s1. The van der Waals surface area contributed by atoms with Gasteiger partial charge in [-0.2, -0.15) is 0 Å². The number of halogens is 4. The summed E-state index contributed by atoms with van der Waals surface area (Å²) >= 11 is 0.134. The van der Waals surface area contributed by atoms with Crippen molar-refractivity contribution in [3.63, 3.8) is 0 Å². The molecule has 0 radical (unpaired) electrons. The molecule has 0 bridgehead atoms. The number of carboxylic acids is 1. The number of rotatable bonds is 12. The van der Waals surface area contributed by atoms with Gasteiger partial charge in [-0.05, 0) is 6.42 Å². The van der Waals surface area contributed by atoms with Crippen LogP contribution in [0.3, 0.4) is 0 Å². The first kappa shape index (κ1) is 27.6. The average Bonchev–Trinajstić information content (AvgIpc) is 2.69. The fraction of sp³-hybridized carbons (Fsp3) is 0.476. The second-order valence-corrected chi connectivity index (χ2v) is 11.9. The Bertz CT molecular complexity index is 882. The molecule has 0 aliphatic heterocycles. The Morgan fingerprint density at radius 1 is 1.26 bits per heavy atom. The quantitative estimate of drug-likeness (QED) is 0.199. The van der Waals surface area contributed by atoms with Gasteiger partial charge in [0.15, 0.2) is 0 Å². The van der Waals surface area contributed by atoms with E-state index in [2.05, 4.69) is 11.0 Å². The van der Waals surface area contributed by atoms with E-state index in [1.54, 1.807) is 12.1 Å². The maximum atomic E-state index is 13.7. The van der Waals surface area contributed by atoms with Gasteiger partial charge < -0.3 is 10.8 Å². The number of nitrogens with one attached hydrogen (secondary N) is 1. The van der Waals surface area contributed by atoms with E-state index in [-0.39, 0.29) is 38.9 Å². The fourth-order valence-corrected chi connectivity index (χ4v) is 5.12. The third-order valence-electron chi connectivity index (χ3n) is 4.71. The van der Waals surface area contributed by atoms with E-state index in [4.69, 9.17) is 15.6 Å². The zero-order chi connectivity index (χ0) is 23.7. The molecule has 0 aliphatic carbocycles. The third-order valence-corrected chi connectivity index (χ3v) is 7.89. The number of hydrogen-bond donors (Lipinski definition) is 3. The van der Waals surface area contributed by atoms with E-state index in [9.17, 15) is 22.2 Å². The van der Waals surface area contributed by atoms with Gasteiger partial charge in [0.05, 0.1) is 0 Å². The summed E-state index contributed by atoms with van der Waals surface area (Å²) in [4.78, 5) is 12.9. The molecule has 0 heterocycles. The third kappa shape index (κ3) is 9.73. The second kappa shape index (κ2) is 12.6. The van der Waals surface area contributed by atoms with Crippen molar-refractivity contribution in [2.24, 2.45) is 5.73 Å². The molecule has 5 nitrogen and oxygen atoms in total. The van der Waals surface area contributed by atoms with Crippen LogP contribution in [-0.4, -0.2) is 48.4 Å². The summed E-state index contributed by atoms with van der Waals surface area (Å²) < 4.78 is 62.1. The minimum atomic E-state index is -4.55.